The van der Waals surface area contributed by atoms with Crippen LogP contribution in [0.1, 0.15) is 31.7 Å². The number of carbonyl (C=O) groups is 1. The molecular weight excluding hydrogens is 202 g/mol. The summed E-state index contributed by atoms with van der Waals surface area (Å²) in [4.78, 5) is 10.3. The van der Waals surface area contributed by atoms with Gasteiger partial charge in [-0.1, -0.05) is 19.1 Å². The molecule has 0 fully saturated rings. The molecule has 0 heterocycles. The highest BCUT2D eigenvalue weighted by Crippen LogP contribution is 2.10. The molecule has 0 amide bonds. The van der Waals surface area contributed by atoms with Crippen LogP contribution in [0.5, 0.6) is 0 Å². The fourth-order valence-corrected chi connectivity index (χ4v) is 1.49. The van der Waals surface area contributed by atoms with Gasteiger partial charge in [-0.05, 0) is 37.0 Å². The minimum Gasteiger partial charge on any atom is -0.481 e. The molecule has 1 aromatic carbocycles. The fraction of sp³-hybridized carbons (Fsp3) is 0.462. The van der Waals surface area contributed by atoms with Crippen LogP contribution in [0.25, 0.3) is 0 Å². The summed E-state index contributed by atoms with van der Waals surface area (Å²) in [5, 5.41) is 11.7. The summed E-state index contributed by atoms with van der Waals surface area (Å²) in [5.74, 6) is -0.715. The Labute approximate surface area is 96.5 Å². The topological polar surface area (TPSA) is 49.3 Å². The minimum atomic E-state index is -0.715. The molecule has 0 aliphatic heterocycles. The highest BCUT2D eigenvalue weighted by Gasteiger charge is 1.96. The van der Waals surface area contributed by atoms with Gasteiger partial charge in [0.15, 0.2) is 0 Å². The lowest BCUT2D eigenvalue weighted by molar-refractivity contribution is -0.137. The molecule has 0 aliphatic carbocycles. The number of carboxylic acid groups (broad SMARTS) is 1. The van der Waals surface area contributed by atoms with Gasteiger partial charge in [-0.15, -0.1) is 0 Å². The first-order valence-corrected chi connectivity index (χ1v) is 5.77. The largest absolute Gasteiger partial charge is 0.481 e. The van der Waals surface area contributed by atoms with Gasteiger partial charge in [0.25, 0.3) is 0 Å². The molecule has 0 bridgehead atoms. The van der Waals surface area contributed by atoms with Gasteiger partial charge < -0.3 is 10.4 Å². The Balaban J connectivity index is 2.19. The number of aryl methyl sites for hydroxylation is 1. The van der Waals surface area contributed by atoms with E-state index >= 15 is 0 Å². The highest BCUT2D eigenvalue weighted by atomic mass is 16.4. The molecule has 0 saturated carbocycles. The average Bonchev–Trinajstić information content (AvgIpc) is 2.29. The molecule has 2 N–H and O–H groups in total. The van der Waals surface area contributed by atoms with Crippen LogP contribution in [0.15, 0.2) is 24.3 Å². The summed E-state index contributed by atoms with van der Waals surface area (Å²) >= 11 is 0. The zero-order valence-corrected chi connectivity index (χ0v) is 9.70. The van der Waals surface area contributed by atoms with E-state index in [9.17, 15) is 4.79 Å². The van der Waals surface area contributed by atoms with Crippen LogP contribution < -0.4 is 5.32 Å². The van der Waals surface area contributed by atoms with Crippen LogP contribution in [0, 0.1) is 0 Å². The quantitative estimate of drug-likeness (QED) is 0.696. The molecule has 3 heteroatoms. The molecule has 88 valence electrons. The third kappa shape index (κ3) is 4.82. The number of benzene rings is 1. The summed E-state index contributed by atoms with van der Waals surface area (Å²) < 4.78 is 0. The van der Waals surface area contributed by atoms with Crippen molar-refractivity contribution in [2.75, 3.05) is 11.9 Å². The maximum Gasteiger partial charge on any atom is 0.303 e. The van der Waals surface area contributed by atoms with Crippen LogP contribution >= 0.6 is 0 Å². The number of aliphatic carboxylic acids is 1. The van der Waals surface area contributed by atoms with Gasteiger partial charge in [-0.25, -0.2) is 0 Å². The number of anilines is 1. The number of rotatable bonds is 7. The highest BCUT2D eigenvalue weighted by molar-refractivity contribution is 5.66. The predicted octanol–water partition coefficient (Wildman–Crippen LogP) is 2.92. The Hall–Kier alpha value is -1.51. The second-order valence-corrected chi connectivity index (χ2v) is 3.83. The van der Waals surface area contributed by atoms with Crippen LogP contribution in [-0.4, -0.2) is 17.6 Å². The molecule has 16 heavy (non-hydrogen) atoms. The van der Waals surface area contributed by atoms with E-state index < -0.39 is 5.97 Å². The zero-order chi connectivity index (χ0) is 11.8. The minimum absolute atomic E-state index is 0.260. The van der Waals surface area contributed by atoms with Crippen molar-refractivity contribution in [1.82, 2.24) is 0 Å². The smallest absolute Gasteiger partial charge is 0.303 e. The molecule has 3 nitrogen and oxygen atoms in total. The maximum atomic E-state index is 10.3. The number of hydrogen-bond acceptors (Lipinski definition) is 2. The summed E-state index contributed by atoms with van der Waals surface area (Å²) in [6.07, 6.45) is 2.94. The van der Waals surface area contributed by atoms with Crippen molar-refractivity contribution in [1.29, 1.82) is 0 Å². The first kappa shape index (κ1) is 12.6. The van der Waals surface area contributed by atoms with Gasteiger partial charge in [0.2, 0.25) is 0 Å². The molecule has 0 atom stereocenters. The Morgan fingerprint density at radius 3 is 2.50 bits per heavy atom. The van der Waals surface area contributed by atoms with E-state index in [1.165, 1.54) is 5.56 Å². The van der Waals surface area contributed by atoms with Crippen molar-refractivity contribution in [2.45, 2.75) is 32.6 Å². The second kappa shape index (κ2) is 6.88. The van der Waals surface area contributed by atoms with E-state index in [0.717, 1.165) is 31.5 Å². The van der Waals surface area contributed by atoms with Crippen LogP contribution in [0.3, 0.4) is 0 Å². The third-order valence-electron chi connectivity index (χ3n) is 2.51. The van der Waals surface area contributed by atoms with Gasteiger partial charge >= 0.3 is 5.97 Å². The number of unbranched alkanes of at least 4 members (excludes halogenated alkanes) is 1. The van der Waals surface area contributed by atoms with Crippen molar-refractivity contribution in [3.05, 3.63) is 29.8 Å². The Morgan fingerprint density at radius 2 is 1.94 bits per heavy atom. The Morgan fingerprint density at radius 1 is 1.25 bits per heavy atom. The van der Waals surface area contributed by atoms with Crippen molar-refractivity contribution >= 4 is 11.7 Å². The van der Waals surface area contributed by atoms with Crippen LogP contribution in [0.4, 0.5) is 5.69 Å². The zero-order valence-electron chi connectivity index (χ0n) is 9.70. The third-order valence-corrected chi connectivity index (χ3v) is 2.51. The van der Waals surface area contributed by atoms with Gasteiger partial charge in [-0.2, -0.15) is 0 Å². The van der Waals surface area contributed by atoms with Crippen LogP contribution in [-0.2, 0) is 11.2 Å². The molecule has 0 saturated heterocycles. The van der Waals surface area contributed by atoms with E-state index in [1.807, 2.05) is 0 Å². The van der Waals surface area contributed by atoms with E-state index in [1.54, 1.807) is 0 Å². The van der Waals surface area contributed by atoms with Gasteiger partial charge in [-0.3, -0.25) is 4.79 Å². The van der Waals surface area contributed by atoms with Gasteiger partial charge in [0, 0.05) is 18.7 Å². The first-order chi connectivity index (χ1) is 7.72. The van der Waals surface area contributed by atoms with Crippen molar-refractivity contribution in [3.8, 4) is 0 Å². The SMILES string of the molecule is CCc1ccc(NCCCCC(=O)O)cc1. The average molecular weight is 221 g/mol. The Bertz CT molecular complexity index is 319. The number of hydrogen-bond donors (Lipinski definition) is 2. The van der Waals surface area contributed by atoms with E-state index in [4.69, 9.17) is 5.11 Å². The Kier molecular flexibility index (Phi) is 5.40. The summed E-state index contributed by atoms with van der Waals surface area (Å²) in [5.41, 5.74) is 2.43. The monoisotopic (exact) mass is 221 g/mol. The number of carboxylic acids is 1. The molecule has 0 aromatic heterocycles. The molecule has 0 unspecified atom stereocenters. The molecule has 0 aliphatic rings. The summed E-state index contributed by atoms with van der Waals surface area (Å²) in [6, 6.07) is 8.35. The molecule has 0 spiro atoms. The van der Waals surface area contributed by atoms with Crippen LogP contribution in [0.2, 0.25) is 0 Å². The number of nitrogens with one attached hydrogen (secondary N) is 1. The van der Waals surface area contributed by atoms with E-state index in [-0.39, 0.29) is 6.42 Å². The van der Waals surface area contributed by atoms with Gasteiger partial charge in [0.1, 0.15) is 0 Å². The van der Waals surface area contributed by atoms with Crippen molar-refractivity contribution in [3.63, 3.8) is 0 Å². The lowest BCUT2D eigenvalue weighted by Gasteiger charge is -2.06. The molecular formula is C13H19NO2. The predicted molar refractivity (Wildman–Crippen MR) is 65.8 cm³/mol. The molecule has 1 aromatic rings. The van der Waals surface area contributed by atoms with Crippen molar-refractivity contribution in [2.24, 2.45) is 0 Å². The lowest BCUT2D eigenvalue weighted by Crippen LogP contribution is -2.03. The fourth-order valence-electron chi connectivity index (χ4n) is 1.49. The van der Waals surface area contributed by atoms with E-state index in [0.29, 0.717) is 0 Å². The van der Waals surface area contributed by atoms with Crippen molar-refractivity contribution < 1.29 is 9.90 Å². The summed E-state index contributed by atoms with van der Waals surface area (Å²) in [6.45, 7) is 2.97. The normalized spacial score (nSPS) is 10.1. The van der Waals surface area contributed by atoms with Gasteiger partial charge in [0.05, 0.1) is 0 Å². The standard InChI is InChI=1S/C13H19NO2/c1-2-11-6-8-12(9-7-11)14-10-4-3-5-13(15)16/h6-9,14H,2-5,10H2,1H3,(H,15,16). The maximum absolute atomic E-state index is 10.3. The lowest BCUT2D eigenvalue weighted by atomic mass is 10.1. The molecule has 0 radical (unpaired) electrons. The molecule has 1 rings (SSSR count). The first-order valence-electron chi connectivity index (χ1n) is 5.77. The second-order valence-electron chi connectivity index (χ2n) is 3.83. The van der Waals surface area contributed by atoms with E-state index in [2.05, 4.69) is 36.5 Å². The summed E-state index contributed by atoms with van der Waals surface area (Å²) in [7, 11) is 0.